The SMILES string of the molecule is O=C(Nc1ccc(CN2CCCCC2)cc1)c1cc(COc2ccc3ccccc3c2)cs1. The highest BCUT2D eigenvalue weighted by molar-refractivity contribution is 7.12. The fourth-order valence-corrected chi connectivity index (χ4v) is 5.05. The lowest BCUT2D eigenvalue weighted by atomic mass is 10.1. The normalized spacial score (nSPS) is 14.3. The molecule has 1 fully saturated rings. The van der Waals surface area contributed by atoms with Gasteiger partial charge >= 0.3 is 0 Å². The van der Waals surface area contributed by atoms with Crippen LogP contribution in [0.4, 0.5) is 5.69 Å². The molecule has 1 aromatic heterocycles. The zero-order valence-electron chi connectivity index (χ0n) is 18.6. The van der Waals surface area contributed by atoms with Crippen LogP contribution in [0.5, 0.6) is 5.75 Å². The van der Waals surface area contributed by atoms with Gasteiger partial charge in [-0.05, 0) is 78.0 Å². The summed E-state index contributed by atoms with van der Waals surface area (Å²) >= 11 is 1.44. The molecule has 0 aliphatic carbocycles. The number of carbonyl (C=O) groups is 1. The van der Waals surface area contributed by atoms with Crippen LogP contribution in [0.1, 0.15) is 40.1 Å². The summed E-state index contributed by atoms with van der Waals surface area (Å²) in [6.45, 7) is 3.79. The molecule has 1 saturated heterocycles. The van der Waals surface area contributed by atoms with Gasteiger partial charge < -0.3 is 10.1 Å². The number of hydrogen-bond acceptors (Lipinski definition) is 4. The Bertz CT molecular complexity index is 1230. The van der Waals surface area contributed by atoms with E-state index in [2.05, 4.69) is 40.5 Å². The minimum Gasteiger partial charge on any atom is -0.489 e. The van der Waals surface area contributed by atoms with Gasteiger partial charge in [0, 0.05) is 17.8 Å². The molecule has 168 valence electrons. The highest BCUT2D eigenvalue weighted by atomic mass is 32.1. The topological polar surface area (TPSA) is 41.6 Å². The zero-order valence-corrected chi connectivity index (χ0v) is 19.4. The third-order valence-corrected chi connectivity index (χ3v) is 7.05. The van der Waals surface area contributed by atoms with Crippen molar-refractivity contribution in [3.05, 3.63) is 94.2 Å². The molecule has 5 rings (SSSR count). The van der Waals surface area contributed by atoms with Crippen molar-refractivity contribution in [2.75, 3.05) is 18.4 Å². The average molecular weight is 457 g/mol. The van der Waals surface area contributed by atoms with Gasteiger partial charge in [-0.1, -0.05) is 48.9 Å². The molecule has 1 aliphatic heterocycles. The van der Waals surface area contributed by atoms with Crippen molar-refractivity contribution in [1.29, 1.82) is 0 Å². The van der Waals surface area contributed by atoms with Crippen LogP contribution in [-0.2, 0) is 13.2 Å². The number of amides is 1. The standard InChI is InChI=1S/C28H28N2O2S/c31-28(29-25-11-8-21(9-12-25)18-30-14-4-1-5-15-30)27-16-22(20-33-27)19-32-26-13-10-23-6-2-3-7-24(23)17-26/h2-3,6-13,16-17,20H,1,4-5,14-15,18-19H2,(H,29,31). The molecule has 0 atom stereocenters. The van der Waals surface area contributed by atoms with Crippen LogP contribution in [0.3, 0.4) is 0 Å². The molecule has 4 aromatic rings. The monoisotopic (exact) mass is 456 g/mol. The first kappa shape index (κ1) is 21.7. The second-order valence-electron chi connectivity index (χ2n) is 8.60. The van der Waals surface area contributed by atoms with E-state index in [1.165, 1.54) is 54.6 Å². The van der Waals surface area contributed by atoms with E-state index >= 15 is 0 Å². The van der Waals surface area contributed by atoms with Gasteiger partial charge in [0.1, 0.15) is 12.4 Å². The van der Waals surface area contributed by atoms with Gasteiger partial charge in [-0.2, -0.15) is 0 Å². The van der Waals surface area contributed by atoms with Gasteiger partial charge in [-0.3, -0.25) is 9.69 Å². The lowest BCUT2D eigenvalue weighted by Gasteiger charge is -2.26. The molecule has 0 saturated carbocycles. The second kappa shape index (κ2) is 10.2. The number of nitrogens with zero attached hydrogens (tertiary/aromatic N) is 1. The summed E-state index contributed by atoms with van der Waals surface area (Å²) in [4.78, 5) is 15.9. The highest BCUT2D eigenvalue weighted by Crippen LogP contribution is 2.23. The Hall–Kier alpha value is -3.15. The number of likely N-dealkylation sites (tertiary alicyclic amines) is 1. The average Bonchev–Trinajstić information content (AvgIpc) is 3.34. The van der Waals surface area contributed by atoms with Gasteiger partial charge in [-0.15, -0.1) is 11.3 Å². The van der Waals surface area contributed by atoms with Gasteiger partial charge in [0.25, 0.3) is 5.91 Å². The number of hydrogen-bond donors (Lipinski definition) is 1. The molecule has 1 aliphatic rings. The van der Waals surface area contributed by atoms with E-state index in [1.54, 1.807) is 0 Å². The number of fused-ring (bicyclic) bond motifs is 1. The first-order chi connectivity index (χ1) is 16.2. The summed E-state index contributed by atoms with van der Waals surface area (Å²) in [5, 5.41) is 7.35. The molecule has 0 unspecified atom stereocenters. The van der Waals surface area contributed by atoms with Gasteiger partial charge in [-0.25, -0.2) is 0 Å². The van der Waals surface area contributed by atoms with Gasteiger partial charge in [0.05, 0.1) is 4.88 Å². The maximum atomic E-state index is 12.7. The zero-order chi connectivity index (χ0) is 22.5. The van der Waals surface area contributed by atoms with E-state index in [-0.39, 0.29) is 5.91 Å². The molecule has 0 radical (unpaired) electrons. The molecular weight excluding hydrogens is 428 g/mol. The van der Waals surface area contributed by atoms with Gasteiger partial charge in [0.2, 0.25) is 0 Å². The van der Waals surface area contributed by atoms with E-state index in [1.807, 2.05) is 47.8 Å². The lowest BCUT2D eigenvalue weighted by molar-refractivity contribution is 0.103. The van der Waals surface area contributed by atoms with Crippen LogP contribution in [0.2, 0.25) is 0 Å². The van der Waals surface area contributed by atoms with E-state index in [4.69, 9.17) is 4.74 Å². The summed E-state index contributed by atoms with van der Waals surface area (Å²) in [5.74, 6) is 0.747. The van der Waals surface area contributed by atoms with E-state index in [0.29, 0.717) is 11.5 Å². The van der Waals surface area contributed by atoms with Crippen molar-refractivity contribution in [1.82, 2.24) is 4.90 Å². The number of piperidine rings is 1. The molecule has 1 amide bonds. The fraction of sp³-hybridized carbons (Fsp3) is 0.250. The van der Waals surface area contributed by atoms with Crippen LogP contribution in [0, 0.1) is 0 Å². The number of rotatable bonds is 7. The number of ether oxygens (including phenoxy) is 1. The highest BCUT2D eigenvalue weighted by Gasteiger charge is 2.12. The van der Waals surface area contributed by atoms with E-state index in [0.717, 1.165) is 28.9 Å². The van der Waals surface area contributed by atoms with Crippen LogP contribution < -0.4 is 10.1 Å². The summed E-state index contributed by atoms with van der Waals surface area (Å²) in [5.41, 5.74) is 3.11. The maximum Gasteiger partial charge on any atom is 0.265 e. The number of carbonyl (C=O) groups excluding carboxylic acids is 1. The Morgan fingerprint density at radius 2 is 1.67 bits per heavy atom. The Kier molecular flexibility index (Phi) is 6.70. The van der Waals surface area contributed by atoms with Crippen LogP contribution in [0.15, 0.2) is 78.2 Å². The quantitative estimate of drug-likeness (QED) is 0.336. The van der Waals surface area contributed by atoms with Crippen LogP contribution in [-0.4, -0.2) is 23.9 Å². The van der Waals surface area contributed by atoms with Crippen molar-refractivity contribution in [3.63, 3.8) is 0 Å². The minimum atomic E-state index is -0.0827. The molecule has 0 bridgehead atoms. The summed E-state index contributed by atoms with van der Waals surface area (Å²) in [6, 6.07) is 24.4. The first-order valence-corrected chi connectivity index (χ1v) is 12.4. The number of benzene rings is 3. The van der Waals surface area contributed by atoms with Crippen molar-refractivity contribution < 1.29 is 9.53 Å². The molecule has 2 heterocycles. The summed E-state index contributed by atoms with van der Waals surface area (Å²) < 4.78 is 5.96. The number of thiophene rings is 1. The summed E-state index contributed by atoms with van der Waals surface area (Å²) in [6.07, 6.45) is 3.94. The summed E-state index contributed by atoms with van der Waals surface area (Å²) in [7, 11) is 0. The van der Waals surface area contributed by atoms with Crippen molar-refractivity contribution in [3.8, 4) is 5.75 Å². The molecule has 3 aromatic carbocycles. The van der Waals surface area contributed by atoms with Crippen LogP contribution >= 0.6 is 11.3 Å². The maximum absolute atomic E-state index is 12.7. The Balaban J connectivity index is 1.15. The fourth-order valence-electron chi connectivity index (χ4n) is 4.26. The molecule has 5 heteroatoms. The third kappa shape index (κ3) is 5.62. The lowest BCUT2D eigenvalue weighted by Crippen LogP contribution is -2.29. The largest absolute Gasteiger partial charge is 0.489 e. The molecule has 4 nitrogen and oxygen atoms in total. The third-order valence-electron chi connectivity index (χ3n) is 6.07. The molecule has 1 N–H and O–H groups in total. The number of anilines is 1. The smallest absolute Gasteiger partial charge is 0.265 e. The van der Waals surface area contributed by atoms with Gasteiger partial charge in [0.15, 0.2) is 0 Å². The van der Waals surface area contributed by atoms with E-state index < -0.39 is 0 Å². The minimum absolute atomic E-state index is 0.0827. The Labute approximate surface area is 198 Å². The molecule has 0 spiro atoms. The Morgan fingerprint density at radius 3 is 2.48 bits per heavy atom. The molecule has 33 heavy (non-hydrogen) atoms. The van der Waals surface area contributed by atoms with E-state index in [9.17, 15) is 4.79 Å². The number of nitrogens with one attached hydrogen (secondary N) is 1. The Morgan fingerprint density at radius 1 is 0.879 bits per heavy atom. The first-order valence-electron chi connectivity index (χ1n) is 11.5. The van der Waals surface area contributed by atoms with Crippen molar-refractivity contribution in [2.24, 2.45) is 0 Å². The second-order valence-corrected chi connectivity index (χ2v) is 9.52. The van der Waals surface area contributed by atoms with Crippen molar-refractivity contribution >= 4 is 33.7 Å². The van der Waals surface area contributed by atoms with Crippen LogP contribution in [0.25, 0.3) is 10.8 Å². The van der Waals surface area contributed by atoms with Crippen molar-refractivity contribution in [2.45, 2.75) is 32.4 Å². The molecular formula is C28H28N2O2S. The predicted molar refractivity (Wildman–Crippen MR) is 136 cm³/mol. The predicted octanol–water partition coefficient (Wildman–Crippen LogP) is 6.72.